The van der Waals surface area contributed by atoms with E-state index in [0.717, 1.165) is 24.9 Å². The summed E-state index contributed by atoms with van der Waals surface area (Å²) in [5.41, 5.74) is 1.96. The van der Waals surface area contributed by atoms with Gasteiger partial charge in [-0.25, -0.2) is 8.42 Å². The van der Waals surface area contributed by atoms with Gasteiger partial charge >= 0.3 is 0 Å². The number of aliphatic hydroxyl groups excluding tert-OH is 1. The molecule has 2 heterocycles. The van der Waals surface area contributed by atoms with E-state index < -0.39 is 10.0 Å². The van der Waals surface area contributed by atoms with Crippen LogP contribution in [-0.2, 0) is 10.0 Å². The minimum atomic E-state index is -3.54. The number of hydrogen-bond donors (Lipinski definition) is 1. The van der Waals surface area contributed by atoms with Crippen LogP contribution in [0.5, 0.6) is 0 Å². The summed E-state index contributed by atoms with van der Waals surface area (Å²) in [6.07, 6.45) is 1.77. The first kappa shape index (κ1) is 19.6. The molecule has 2 aromatic carbocycles. The third-order valence-electron chi connectivity index (χ3n) is 6.23. The molecule has 5 nitrogen and oxygen atoms in total. The van der Waals surface area contributed by atoms with E-state index in [9.17, 15) is 13.5 Å². The zero-order valence-corrected chi connectivity index (χ0v) is 17.1. The molecule has 6 heteroatoms. The average Bonchev–Trinajstić information content (AvgIpc) is 2.67. The summed E-state index contributed by atoms with van der Waals surface area (Å²) in [5, 5.41) is 9.99. The Morgan fingerprint density at radius 1 is 1.00 bits per heavy atom. The van der Waals surface area contributed by atoms with Crippen LogP contribution >= 0.6 is 0 Å². The predicted octanol–water partition coefficient (Wildman–Crippen LogP) is 2.61. The van der Waals surface area contributed by atoms with Crippen LogP contribution in [0.25, 0.3) is 0 Å². The molecule has 0 radical (unpaired) electrons. The van der Waals surface area contributed by atoms with Gasteiger partial charge in [0.2, 0.25) is 10.0 Å². The van der Waals surface area contributed by atoms with Gasteiger partial charge in [-0.2, -0.15) is 4.31 Å². The Balaban J connectivity index is 1.66. The van der Waals surface area contributed by atoms with E-state index in [-0.39, 0.29) is 24.6 Å². The fourth-order valence-electron chi connectivity index (χ4n) is 4.79. The van der Waals surface area contributed by atoms with Gasteiger partial charge in [-0.05, 0) is 43.5 Å². The number of sulfonamides is 1. The van der Waals surface area contributed by atoms with Gasteiger partial charge in [0.25, 0.3) is 0 Å². The topological polar surface area (TPSA) is 60.9 Å². The highest BCUT2D eigenvalue weighted by atomic mass is 32.2. The summed E-state index contributed by atoms with van der Waals surface area (Å²) in [6.45, 7) is 3.87. The van der Waals surface area contributed by atoms with Crippen molar-refractivity contribution in [2.45, 2.75) is 42.7 Å². The maximum Gasteiger partial charge on any atom is 0.243 e. The average molecular weight is 401 g/mol. The highest BCUT2D eigenvalue weighted by Gasteiger charge is 2.50. The summed E-state index contributed by atoms with van der Waals surface area (Å²) in [7, 11) is -3.54. The SMILES string of the molecule is Cc1ccccc1S(=O)(=O)N1CCCCN2[C@H](CO)[C@@H](c3ccccc3)[C@@H]2C1. The molecule has 2 aliphatic heterocycles. The van der Waals surface area contributed by atoms with E-state index in [2.05, 4.69) is 17.0 Å². The molecule has 28 heavy (non-hydrogen) atoms. The summed E-state index contributed by atoms with van der Waals surface area (Å²) in [6, 6.07) is 17.5. The second-order valence-corrected chi connectivity index (χ2v) is 9.73. The zero-order valence-electron chi connectivity index (χ0n) is 16.2. The number of aliphatic hydroxyl groups is 1. The molecule has 4 rings (SSSR count). The van der Waals surface area contributed by atoms with Crippen molar-refractivity contribution in [3.63, 3.8) is 0 Å². The molecule has 0 amide bonds. The molecule has 2 aromatic rings. The highest BCUT2D eigenvalue weighted by molar-refractivity contribution is 7.89. The molecule has 0 bridgehead atoms. The van der Waals surface area contributed by atoms with Crippen LogP contribution in [0.4, 0.5) is 0 Å². The van der Waals surface area contributed by atoms with Crippen molar-refractivity contribution in [2.24, 2.45) is 0 Å². The molecule has 2 saturated heterocycles. The summed E-state index contributed by atoms with van der Waals surface area (Å²) in [4.78, 5) is 2.70. The molecule has 2 fully saturated rings. The monoisotopic (exact) mass is 400 g/mol. The molecule has 150 valence electrons. The Hall–Kier alpha value is -1.73. The maximum absolute atomic E-state index is 13.4. The molecule has 0 unspecified atom stereocenters. The Morgan fingerprint density at radius 2 is 1.68 bits per heavy atom. The van der Waals surface area contributed by atoms with Gasteiger partial charge in [-0.3, -0.25) is 4.90 Å². The predicted molar refractivity (Wildman–Crippen MR) is 110 cm³/mol. The van der Waals surface area contributed by atoms with Crippen LogP contribution in [0.2, 0.25) is 0 Å². The van der Waals surface area contributed by atoms with Crippen molar-refractivity contribution in [2.75, 3.05) is 26.2 Å². The molecular weight excluding hydrogens is 372 g/mol. The fourth-order valence-corrected chi connectivity index (χ4v) is 6.51. The van der Waals surface area contributed by atoms with Gasteiger partial charge in [-0.15, -0.1) is 0 Å². The first-order valence-corrected chi connectivity index (χ1v) is 11.5. The van der Waals surface area contributed by atoms with Crippen LogP contribution < -0.4 is 0 Å². The first-order valence-electron chi connectivity index (χ1n) is 10.0. The smallest absolute Gasteiger partial charge is 0.243 e. The van der Waals surface area contributed by atoms with Crippen molar-refractivity contribution in [3.05, 3.63) is 65.7 Å². The maximum atomic E-state index is 13.4. The van der Waals surface area contributed by atoms with Gasteiger partial charge in [0.05, 0.1) is 11.5 Å². The van der Waals surface area contributed by atoms with E-state index in [1.165, 1.54) is 5.56 Å². The number of benzene rings is 2. The van der Waals surface area contributed by atoms with Gasteiger partial charge in [0, 0.05) is 31.1 Å². The number of nitrogens with zero attached hydrogens (tertiary/aromatic N) is 2. The van der Waals surface area contributed by atoms with Crippen molar-refractivity contribution in [1.29, 1.82) is 0 Å². The molecule has 1 N–H and O–H groups in total. The van der Waals surface area contributed by atoms with Crippen LogP contribution in [0.15, 0.2) is 59.5 Å². The van der Waals surface area contributed by atoms with E-state index in [1.54, 1.807) is 16.4 Å². The third kappa shape index (κ3) is 3.39. The van der Waals surface area contributed by atoms with Crippen LogP contribution in [0, 0.1) is 6.92 Å². The van der Waals surface area contributed by atoms with Crippen molar-refractivity contribution in [1.82, 2.24) is 9.21 Å². The minimum Gasteiger partial charge on any atom is -0.395 e. The van der Waals surface area contributed by atoms with Crippen molar-refractivity contribution in [3.8, 4) is 0 Å². The van der Waals surface area contributed by atoms with Gasteiger partial charge in [0.15, 0.2) is 0 Å². The van der Waals surface area contributed by atoms with E-state index >= 15 is 0 Å². The van der Waals surface area contributed by atoms with E-state index in [1.807, 2.05) is 37.3 Å². The Bertz CT molecular complexity index is 916. The minimum absolute atomic E-state index is 0.0634. The molecular formula is C22H28N2O3S. The lowest BCUT2D eigenvalue weighted by atomic mass is 9.74. The normalized spacial score (nSPS) is 26.7. The quantitative estimate of drug-likeness (QED) is 0.857. The zero-order chi connectivity index (χ0) is 19.7. The molecule has 3 atom stereocenters. The number of rotatable bonds is 4. The Kier molecular flexibility index (Phi) is 5.56. The Morgan fingerprint density at radius 3 is 2.39 bits per heavy atom. The molecule has 0 aliphatic carbocycles. The summed E-state index contributed by atoms with van der Waals surface area (Å²) < 4.78 is 28.5. The number of fused-ring (bicyclic) bond motifs is 1. The number of aryl methyl sites for hydroxylation is 1. The standard InChI is InChI=1S/C22H28N2O3S/c1-17-9-5-6-12-21(17)28(26,27)23-13-7-8-14-24-19(15-23)22(20(24)16-25)18-10-3-2-4-11-18/h2-6,9-12,19-20,22,25H,7-8,13-16H2,1H3/t19-,20+,22-/m0/s1. The van der Waals surface area contributed by atoms with Crippen LogP contribution in [0.1, 0.15) is 29.9 Å². The van der Waals surface area contributed by atoms with Crippen molar-refractivity contribution < 1.29 is 13.5 Å². The van der Waals surface area contributed by atoms with Gasteiger partial charge < -0.3 is 5.11 Å². The van der Waals surface area contributed by atoms with Gasteiger partial charge in [0.1, 0.15) is 0 Å². The van der Waals surface area contributed by atoms with E-state index in [0.29, 0.717) is 18.0 Å². The second-order valence-electron chi connectivity index (χ2n) is 7.83. The highest BCUT2D eigenvalue weighted by Crippen LogP contribution is 2.42. The lowest BCUT2D eigenvalue weighted by Crippen LogP contribution is -2.67. The summed E-state index contributed by atoms with van der Waals surface area (Å²) >= 11 is 0. The molecule has 0 aromatic heterocycles. The lowest BCUT2D eigenvalue weighted by Gasteiger charge is -2.57. The van der Waals surface area contributed by atoms with E-state index in [4.69, 9.17) is 0 Å². The summed E-state index contributed by atoms with van der Waals surface area (Å²) in [5.74, 6) is 0.152. The molecule has 2 aliphatic rings. The second kappa shape index (κ2) is 7.95. The van der Waals surface area contributed by atoms with Crippen molar-refractivity contribution >= 4 is 10.0 Å². The van der Waals surface area contributed by atoms with Crippen LogP contribution in [-0.4, -0.2) is 61.1 Å². The first-order chi connectivity index (χ1) is 13.5. The molecule has 0 spiro atoms. The van der Waals surface area contributed by atoms with Crippen LogP contribution in [0.3, 0.4) is 0 Å². The lowest BCUT2D eigenvalue weighted by molar-refractivity contribution is -0.0553. The third-order valence-corrected chi connectivity index (χ3v) is 8.25. The molecule has 0 saturated carbocycles. The Labute approximate surface area is 167 Å². The fraction of sp³-hybridized carbons (Fsp3) is 0.455. The largest absolute Gasteiger partial charge is 0.395 e. The number of hydrogen-bond acceptors (Lipinski definition) is 4. The van der Waals surface area contributed by atoms with Gasteiger partial charge in [-0.1, -0.05) is 48.5 Å².